The van der Waals surface area contributed by atoms with E-state index < -0.39 is 0 Å². The molecular weight excluding hydrogens is 244 g/mol. The highest BCUT2D eigenvalue weighted by Crippen LogP contribution is 2.31. The Morgan fingerprint density at radius 1 is 1.15 bits per heavy atom. The van der Waals surface area contributed by atoms with Crippen molar-refractivity contribution in [3.05, 3.63) is 29.8 Å². The van der Waals surface area contributed by atoms with Gasteiger partial charge in [-0.25, -0.2) is 0 Å². The lowest BCUT2D eigenvalue weighted by Gasteiger charge is -2.31. The van der Waals surface area contributed by atoms with Crippen molar-refractivity contribution in [1.82, 2.24) is 5.32 Å². The summed E-state index contributed by atoms with van der Waals surface area (Å²) in [7, 11) is 0. The smallest absolute Gasteiger partial charge is 0.0399 e. The molecule has 2 aliphatic rings. The van der Waals surface area contributed by atoms with Gasteiger partial charge in [0.05, 0.1) is 0 Å². The molecule has 1 N–H and O–H groups in total. The molecule has 0 saturated heterocycles. The summed E-state index contributed by atoms with van der Waals surface area (Å²) >= 11 is 0. The molecule has 1 aromatic carbocycles. The zero-order valence-electron chi connectivity index (χ0n) is 12.8. The van der Waals surface area contributed by atoms with Gasteiger partial charge in [0.1, 0.15) is 0 Å². The summed E-state index contributed by atoms with van der Waals surface area (Å²) in [5.41, 5.74) is 3.04. The summed E-state index contributed by atoms with van der Waals surface area (Å²) in [6.45, 7) is 5.81. The minimum Gasteiger partial charge on any atom is -0.371 e. The minimum atomic E-state index is 0.732. The van der Waals surface area contributed by atoms with E-state index in [0.29, 0.717) is 0 Å². The van der Waals surface area contributed by atoms with E-state index in [9.17, 15) is 0 Å². The predicted octanol–water partition coefficient (Wildman–Crippen LogP) is 3.61. The van der Waals surface area contributed by atoms with Crippen LogP contribution in [0.3, 0.4) is 0 Å². The Kier molecular flexibility index (Phi) is 4.62. The molecule has 1 saturated carbocycles. The summed E-state index contributed by atoms with van der Waals surface area (Å²) in [6, 6.07) is 9.70. The predicted molar refractivity (Wildman–Crippen MR) is 86.4 cm³/mol. The fourth-order valence-corrected chi connectivity index (χ4v) is 4.01. The quantitative estimate of drug-likeness (QED) is 0.842. The fraction of sp³-hybridized carbons (Fsp3) is 0.667. The third kappa shape index (κ3) is 3.01. The maximum absolute atomic E-state index is 3.75. The Balaban J connectivity index is 1.69. The number of fused-ring (bicyclic) bond motifs is 1. The van der Waals surface area contributed by atoms with Gasteiger partial charge in [0.2, 0.25) is 0 Å². The van der Waals surface area contributed by atoms with Crippen molar-refractivity contribution in [2.45, 2.75) is 51.5 Å². The number of nitrogens with zero attached hydrogens (tertiary/aromatic N) is 1. The molecule has 1 heterocycles. The topological polar surface area (TPSA) is 15.3 Å². The van der Waals surface area contributed by atoms with E-state index in [2.05, 4.69) is 41.4 Å². The molecule has 2 atom stereocenters. The first-order chi connectivity index (χ1) is 9.88. The van der Waals surface area contributed by atoms with Crippen LogP contribution in [0.2, 0.25) is 0 Å². The van der Waals surface area contributed by atoms with Gasteiger partial charge >= 0.3 is 0 Å². The van der Waals surface area contributed by atoms with Gasteiger partial charge in [-0.2, -0.15) is 0 Å². The van der Waals surface area contributed by atoms with Crippen molar-refractivity contribution in [2.24, 2.45) is 5.92 Å². The van der Waals surface area contributed by atoms with E-state index in [1.54, 1.807) is 5.56 Å². The maximum atomic E-state index is 3.75. The van der Waals surface area contributed by atoms with Gasteiger partial charge in [0.15, 0.2) is 0 Å². The molecular formula is C18H28N2. The molecule has 20 heavy (non-hydrogen) atoms. The van der Waals surface area contributed by atoms with Gasteiger partial charge in [-0.05, 0) is 43.4 Å². The second-order valence-electron chi connectivity index (χ2n) is 6.39. The molecule has 1 aliphatic heterocycles. The third-order valence-corrected chi connectivity index (χ3v) is 5.06. The molecule has 0 spiro atoms. The summed E-state index contributed by atoms with van der Waals surface area (Å²) in [5.74, 6) is 0.823. The van der Waals surface area contributed by atoms with Gasteiger partial charge in [-0.3, -0.25) is 0 Å². The highest BCUT2D eigenvalue weighted by atomic mass is 15.2. The number of rotatable bonds is 4. The van der Waals surface area contributed by atoms with Crippen LogP contribution in [-0.4, -0.2) is 25.7 Å². The van der Waals surface area contributed by atoms with E-state index in [-0.39, 0.29) is 0 Å². The summed E-state index contributed by atoms with van der Waals surface area (Å²) in [6.07, 6.45) is 8.25. The van der Waals surface area contributed by atoms with Crippen molar-refractivity contribution in [1.29, 1.82) is 0 Å². The Bertz CT molecular complexity index is 429. The van der Waals surface area contributed by atoms with E-state index in [1.165, 1.54) is 57.3 Å². The number of anilines is 1. The van der Waals surface area contributed by atoms with Crippen molar-refractivity contribution >= 4 is 5.69 Å². The zero-order valence-corrected chi connectivity index (χ0v) is 12.8. The Hall–Kier alpha value is -1.02. The normalized spacial score (nSPS) is 26.4. The lowest BCUT2D eigenvalue weighted by Crippen LogP contribution is -2.41. The highest BCUT2D eigenvalue weighted by molar-refractivity contribution is 5.57. The van der Waals surface area contributed by atoms with Gasteiger partial charge in [0, 0.05) is 24.8 Å². The van der Waals surface area contributed by atoms with Crippen LogP contribution in [0.5, 0.6) is 0 Å². The van der Waals surface area contributed by atoms with Crippen LogP contribution >= 0.6 is 0 Å². The molecule has 0 radical (unpaired) electrons. The summed E-state index contributed by atoms with van der Waals surface area (Å²) < 4.78 is 0. The number of hydrogen-bond donors (Lipinski definition) is 1. The monoisotopic (exact) mass is 272 g/mol. The standard InChI is InChI=1S/C18H28N2/c1-2-19-17-10-5-3-4-9-16(17)14-20-13-12-15-8-6-7-11-18(15)20/h6-8,11,16-17,19H,2-5,9-10,12-14H2,1H3. The SMILES string of the molecule is CCNC1CCCCCC1CN1CCc2ccccc21. The van der Waals surface area contributed by atoms with Crippen LogP contribution in [-0.2, 0) is 6.42 Å². The molecule has 0 aromatic heterocycles. The first kappa shape index (κ1) is 13.9. The molecule has 0 bridgehead atoms. The number of hydrogen-bond acceptors (Lipinski definition) is 2. The van der Waals surface area contributed by atoms with Crippen molar-refractivity contribution in [2.75, 3.05) is 24.5 Å². The van der Waals surface area contributed by atoms with Gasteiger partial charge in [-0.1, -0.05) is 44.4 Å². The zero-order chi connectivity index (χ0) is 13.8. The van der Waals surface area contributed by atoms with Gasteiger partial charge < -0.3 is 10.2 Å². The molecule has 2 heteroatoms. The van der Waals surface area contributed by atoms with Crippen LogP contribution < -0.4 is 10.2 Å². The number of para-hydroxylation sites is 1. The maximum Gasteiger partial charge on any atom is 0.0399 e. The Labute approximate surface area is 123 Å². The van der Waals surface area contributed by atoms with Crippen molar-refractivity contribution < 1.29 is 0 Å². The number of benzene rings is 1. The van der Waals surface area contributed by atoms with Crippen LogP contribution in [0.15, 0.2) is 24.3 Å². The highest BCUT2D eigenvalue weighted by Gasteiger charge is 2.27. The van der Waals surface area contributed by atoms with Crippen LogP contribution in [0.25, 0.3) is 0 Å². The Morgan fingerprint density at radius 2 is 2.00 bits per heavy atom. The molecule has 1 fully saturated rings. The van der Waals surface area contributed by atoms with Crippen molar-refractivity contribution in [3.8, 4) is 0 Å². The summed E-state index contributed by atoms with van der Waals surface area (Å²) in [5, 5.41) is 3.75. The molecule has 0 amide bonds. The number of nitrogens with one attached hydrogen (secondary N) is 1. The largest absolute Gasteiger partial charge is 0.371 e. The second-order valence-corrected chi connectivity index (χ2v) is 6.39. The van der Waals surface area contributed by atoms with Crippen LogP contribution in [0.4, 0.5) is 5.69 Å². The van der Waals surface area contributed by atoms with Crippen LogP contribution in [0, 0.1) is 5.92 Å². The molecule has 1 aromatic rings. The molecule has 2 unspecified atom stereocenters. The molecule has 110 valence electrons. The molecule has 1 aliphatic carbocycles. The average molecular weight is 272 g/mol. The molecule has 2 nitrogen and oxygen atoms in total. The summed E-state index contributed by atoms with van der Waals surface area (Å²) in [4.78, 5) is 2.63. The van der Waals surface area contributed by atoms with Crippen LogP contribution in [0.1, 0.15) is 44.6 Å². The first-order valence-corrected chi connectivity index (χ1v) is 8.44. The van der Waals surface area contributed by atoms with E-state index in [0.717, 1.165) is 18.5 Å². The van der Waals surface area contributed by atoms with Gasteiger partial charge in [0.25, 0.3) is 0 Å². The average Bonchev–Trinajstić information content (AvgIpc) is 2.75. The van der Waals surface area contributed by atoms with E-state index in [4.69, 9.17) is 0 Å². The lowest BCUT2D eigenvalue weighted by atomic mass is 9.94. The minimum absolute atomic E-state index is 0.732. The van der Waals surface area contributed by atoms with Gasteiger partial charge in [-0.15, -0.1) is 0 Å². The van der Waals surface area contributed by atoms with E-state index in [1.807, 2.05) is 0 Å². The van der Waals surface area contributed by atoms with E-state index >= 15 is 0 Å². The second kappa shape index (κ2) is 6.62. The van der Waals surface area contributed by atoms with Crippen molar-refractivity contribution in [3.63, 3.8) is 0 Å². The first-order valence-electron chi connectivity index (χ1n) is 8.44. The lowest BCUT2D eigenvalue weighted by molar-refractivity contribution is 0.341. The molecule has 3 rings (SSSR count). The third-order valence-electron chi connectivity index (χ3n) is 5.06. The fourth-order valence-electron chi connectivity index (χ4n) is 4.01. The Morgan fingerprint density at radius 3 is 2.90 bits per heavy atom.